The average Bonchev–Trinajstić information content (AvgIpc) is 3.00. The summed E-state index contributed by atoms with van der Waals surface area (Å²) in [5.41, 5.74) is -0.157. The fraction of sp³-hybridized carbons (Fsp3) is 0.350. The molecule has 1 atom stereocenters. The molecule has 1 aliphatic heterocycles. The van der Waals surface area contributed by atoms with Gasteiger partial charge in [0.2, 0.25) is 10.0 Å². The fourth-order valence-corrected chi connectivity index (χ4v) is 4.96. The van der Waals surface area contributed by atoms with Gasteiger partial charge in [-0.3, -0.25) is 4.79 Å². The fourth-order valence-electron chi connectivity index (χ4n) is 3.61. The number of nitrogens with zero attached hydrogens (tertiary/aromatic N) is 3. The average molecular weight is 467 g/mol. The van der Waals surface area contributed by atoms with Crippen molar-refractivity contribution in [3.8, 4) is 11.1 Å². The lowest BCUT2D eigenvalue weighted by molar-refractivity contribution is -0.137. The Morgan fingerprint density at radius 3 is 2.50 bits per heavy atom. The maximum absolute atomic E-state index is 12.9. The first-order valence-electron chi connectivity index (χ1n) is 9.68. The van der Waals surface area contributed by atoms with Crippen molar-refractivity contribution in [2.75, 3.05) is 18.4 Å². The van der Waals surface area contributed by atoms with Crippen molar-refractivity contribution in [1.82, 2.24) is 19.3 Å². The Balaban J connectivity index is 1.79. The van der Waals surface area contributed by atoms with Crippen molar-refractivity contribution < 1.29 is 21.6 Å². The molecule has 2 N–H and O–H groups in total. The Hall–Kier alpha value is -2.99. The minimum Gasteiger partial charge on any atom is -0.368 e. The molecule has 1 aliphatic rings. The van der Waals surface area contributed by atoms with Crippen LogP contribution in [-0.4, -0.2) is 40.8 Å². The van der Waals surface area contributed by atoms with Gasteiger partial charge in [0.25, 0.3) is 5.56 Å². The Kier molecular flexibility index (Phi) is 5.24. The maximum atomic E-state index is 12.9. The quantitative estimate of drug-likeness (QED) is 0.611. The third-order valence-corrected chi connectivity index (χ3v) is 7.92. The van der Waals surface area contributed by atoms with Crippen molar-refractivity contribution in [3.63, 3.8) is 0 Å². The summed E-state index contributed by atoms with van der Waals surface area (Å²) in [7, 11) is -2.02. The molecule has 2 aromatic heterocycles. The molecule has 1 aromatic carbocycles. The van der Waals surface area contributed by atoms with E-state index >= 15 is 0 Å². The Morgan fingerprint density at radius 2 is 1.91 bits per heavy atom. The number of hydrogen-bond acceptors (Lipinski definition) is 6. The molecule has 12 heteroatoms. The summed E-state index contributed by atoms with van der Waals surface area (Å²) in [6.45, 7) is 1.94. The van der Waals surface area contributed by atoms with Crippen molar-refractivity contribution in [2.45, 2.75) is 24.3 Å². The van der Waals surface area contributed by atoms with E-state index in [1.54, 1.807) is 6.92 Å². The summed E-state index contributed by atoms with van der Waals surface area (Å²) >= 11 is 0. The lowest BCUT2D eigenvalue weighted by Gasteiger charge is -2.23. The summed E-state index contributed by atoms with van der Waals surface area (Å²) in [6, 6.07) is 4.49. The van der Waals surface area contributed by atoms with Crippen LogP contribution in [0.5, 0.6) is 0 Å². The van der Waals surface area contributed by atoms with Gasteiger partial charge in [-0.1, -0.05) is 12.1 Å². The van der Waals surface area contributed by atoms with E-state index in [9.17, 15) is 26.4 Å². The molecular weight excluding hydrogens is 447 g/mol. The topological polar surface area (TPSA) is 106 Å². The predicted molar refractivity (Wildman–Crippen MR) is 114 cm³/mol. The molecule has 0 saturated carbocycles. The van der Waals surface area contributed by atoms with E-state index in [1.807, 2.05) is 0 Å². The van der Waals surface area contributed by atoms with Crippen LogP contribution >= 0.6 is 0 Å². The normalized spacial score (nSPS) is 20.5. The van der Waals surface area contributed by atoms with E-state index in [-0.39, 0.29) is 23.3 Å². The number of benzene rings is 1. The first-order chi connectivity index (χ1) is 14.9. The smallest absolute Gasteiger partial charge is 0.368 e. The monoisotopic (exact) mass is 467 g/mol. The molecule has 0 spiro atoms. The van der Waals surface area contributed by atoms with Crippen LogP contribution in [0.15, 0.2) is 41.6 Å². The molecule has 1 fully saturated rings. The number of aromatic nitrogens is 3. The van der Waals surface area contributed by atoms with Gasteiger partial charge in [0.15, 0.2) is 0 Å². The number of hydrogen-bond donors (Lipinski definition) is 2. The number of alkyl halides is 3. The summed E-state index contributed by atoms with van der Waals surface area (Å²) in [5.74, 6) is 0.160. The number of anilines is 1. The van der Waals surface area contributed by atoms with E-state index in [0.29, 0.717) is 24.1 Å². The van der Waals surface area contributed by atoms with E-state index in [4.69, 9.17) is 0 Å². The molecule has 0 bridgehead atoms. The summed E-state index contributed by atoms with van der Waals surface area (Å²) in [5, 5.41) is 3.09. The van der Waals surface area contributed by atoms with Gasteiger partial charge >= 0.3 is 6.18 Å². The SMILES string of the molecule is Cn1cnc2c(-c3ccc(C(F)(F)F)cc3)cnc(NC[C@@]3(C)CCNS3(=O)=O)c2c1=O. The molecule has 0 amide bonds. The minimum absolute atomic E-state index is 0.0160. The third kappa shape index (κ3) is 3.73. The largest absolute Gasteiger partial charge is 0.416 e. The van der Waals surface area contributed by atoms with Crippen LogP contribution < -0.4 is 15.6 Å². The summed E-state index contributed by atoms with van der Waals surface area (Å²) in [6.07, 6.45) is -1.36. The first-order valence-corrected chi connectivity index (χ1v) is 11.2. The first kappa shape index (κ1) is 22.2. The lowest BCUT2D eigenvalue weighted by Crippen LogP contribution is -2.41. The lowest BCUT2D eigenvalue weighted by atomic mass is 10.0. The minimum atomic E-state index is -4.47. The van der Waals surface area contributed by atoms with Gasteiger partial charge in [0, 0.05) is 31.9 Å². The molecular formula is C20H20F3N5O3S. The van der Waals surface area contributed by atoms with Gasteiger partial charge in [0.1, 0.15) is 16.0 Å². The van der Waals surface area contributed by atoms with E-state index in [2.05, 4.69) is 20.0 Å². The van der Waals surface area contributed by atoms with Gasteiger partial charge < -0.3 is 9.88 Å². The van der Waals surface area contributed by atoms with Crippen molar-refractivity contribution in [2.24, 2.45) is 7.05 Å². The highest BCUT2D eigenvalue weighted by atomic mass is 32.2. The van der Waals surface area contributed by atoms with Gasteiger partial charge in [0.05, 0.1) is 17.4 Å². The zero-order valence-electron chi connectivity index (χ0n) is 17.2. The number of rotatable bonds is 4. The molecule has 170 valence electrons. The Morgan fingerprint density at radius 1 is 1.22 bits per heavy atom. The van der Waals surface area contributed by atoms with E-state index in [1.165, 1.54) is 36.3 Å². The Labute approximate surface area is 181 Å². The second-order valence-electron chi connectivity index (χ2n) is 7.93. The predicted octanol–water partition coefficient (Wildman–Crippen LogP) is 2.51. The maximum Gasteiger partial charge on any atom is 0.416 e. The van der Waals surface area contributed by atoms with Crippen LogP contribution in [0.3, 0.4) is 0 Å². The number of nitrogens with one attached hydrogen (secondary N) is 2. The highest BCUT2D eigenvalue weighted by Crippen LogP contribution is 2.33. The molecule has 0 aliphatic carbocycles. The number of fused-ring (bicyclic) bond motifs is 1. The van der Waals surface area contributed by atoms with E-state index < -0.39 is 32.1 Å². The standard InChI is InChI=1S/C20H20F3N5O3S/c1-19(7-8-27-32(19,30)31)10-25-17-15-16(26-11-28(2)18(15)29)14(9-24-17)12-3-5-13(6-4-12)20(21,22)23/h3-6,9,11,27H,7-8,10H2,1-2H3,(H,24,25)/t19-/m1/s1. The molecule has 3 aromatic rings. The summed E-state index contributed by atoms with van der Waals surface area (Å²) in [4.78, 5) is 21.5. The highest BCUT2D eigenvalue weighted by molar-refractivity contribution is 7.91. The van der Waals surface area contributed by atoms with Gasteiger partial charge in [-0.25, -0.2) is 23.1 Å². The van der Waals surface area contributed by atoms with Crippen LogP contribution in [0.1, 0.15) is 18.9 Å². The Bertz CT molecular complexity index is 1350. The number of aryl methyl sites for hydroxylation is 1. The number of sulfonamides is 1. The molecule has 4 rings (SSSR count). The van der Waals surface area contributed by atoms with Crippen LogP contribution in [0, 0.1) is 0 Å². The van der Waals surface area contributed by atoms with Crippen molar-refractivity contribution >= 4 is 26.7 Å². The van der Waals surface area contributed by atoms with Crippen LogP contribution in [0.2, 0.25) is 0 Å². The van der Waals surface area contributed by atoms with Gasteiger partial charge in [-0.2, -0.15) is 13.2 Å². The third-order valence-electron chi connectivity index (χ3n) is 5.69. The number of halogens is 3. The molecule has 8 nitrogen and oxygen atoms in total. The molecule has 3 heterocycles. The van der Waals surface area contributed by atoms with Crippen LogP contribution in [-0.2, 0) is 23.2 Å². The van der Waals surface area contributed by atoms with Gasteiger partial charge in [-0.05, 0) is 31.0 Å². The van der Waals surface area contributed by atoms with Crippen molar-refractivity contribution in [1.29, 1.82) is 0 Å². The number of pyridine rings is 1. The zero-order valence-corrected chi connectivity index (χ0v) is 18.0. The van der Waals surface area contributed by atoms with Crippen LogP contribution in [0.25, 0.3) is 22.0 Å². The molecule has 32 heavy (non-hydrogen) atoms. The molecule has 0 unspecified atom stereocenters. The van der Waals surface area contributed by atoms with Crippen molar-refractivity contribution in [3.05, 3.63) is 52.7 Å². The second-order valence-corrected chi connectivity index (χ2v) is 10.2. The summed E-state index contributed by atoms with van der Waals surface area (Å²) < 4.78 is 65.9. The van der Waals surface area contributed by atoms with Gasteiger partial charge in [-0.15, -0.1) is 0 Å². The van der Waals surface area contributed by atoms with Crippen LogP contribution in [0.4, 0.5) is 19.0 Å². The van der Waals surface area contributed by atoms with E-state index in [0.717, 1.165) is 12.1 Å². The highest BCUT2D eigenvalue weighted by Gasteiger charge is 2.43. The second kappa shape index (κ2) is 7.55. The zero-order chi connectivity index (χ0) is 23.3. The molecule has 0 radical (unpaired) electrons. The molecule has 1 saturated heterocycles.